The Morgan fingerprint density at radius 2 is 1.59 bits per heavy atom. The number of rotatable bonds is 5. The normalized spacial score (nSPS) is 9.91. The fraction of sp³-hybridized carbons (Fsp3) is 0.176. The third-order valence-corrected chi connectivity index (χ3v) is 2.91. The summed E-state index contributed by atoms with van der Waals surface area (Å²) in [5, 5.41) is 0. The van der Waals surface area contributed by atoms with Gasteiger partial charge in [-0.05, 0) is 18.2 Å². The van der Waals surface area contributed by atoms with Crippen molar-refractivity contribution in [3.8, 4) is 11.5 Å². The average molecular weight is 300 g/mol. The average Bonchev–Trinajstić information content (AvgIpc) is 2.52. The van der Waals surface area contributed by atoms with Crippen LogP contribution < -0.4 is 9.47 Å². The molecule has 5 nitrogen and oxygen atoms in total. The highest BCUT2D eigenvalue weighted by Gasteiger charge is 2.15. The van der Waals surface area contributed by atoms with Crippen LogP contribution in [-0.4, -0.2) is 19.0 Å². The van der Waals surface area contributed by atoms with Crippen molar-refractivity contribution in [1.82, 2.24) is 0 Å². The summed E-state index contributed by atoms with van der Waals surface area (Å²) in [5.74, 6) is -0.240. The van der Waals surface area contributed by atoms with Crippen molar-refractivity contribution in [2.45, 2.75) is 13.5 Å². The van der Waals surface area contributed by atoms with Crippen molar-refractivity contribution >= 4 is 11.9 Å². The first-order valence-corrected chi connectivity index (χ1v) is 6.68. The van der Waals surface area contributed by atoms with Crippen LogP contribution >= 0.6 is 0 Å². The second-order valence-corrected chi connectivity index (χ2v) is 4.48. The van der Waals surface area contributed by atoms with Crippen LogP contribution in [0.5, 0.6) is 11.5 Å². The number of benzene rings is 2. The Kier molecular flexibility index (Phi) is 5.14. The van der Waals surface area contributed by atoms with E-state index in [2.05, 4.69) is 0 Å². The van der Waals surface area contributed by atoms with E-state index >= 15 is 0 Å². The SMILES string of the molecule is COc1ccccc1COC(=O)c1ccccc1OC(C)=O. The number of methoxy groups -OCH3 is 1. The summed E-state index contributed by atoms with van der Waals surface area (Å²) in [6, 6.07) is 13.7. The maximum atomic E-state index is 12.2. The monoisotopic (exact) mass is 300 g/mol. The fourth-order valence-electron chi connectivity index (χ4n) is 1.92. The lowest BCUT2D eigenvalue weighted by atomic mass is 10.2. The van der Waals surface area contributed by atoms with Gasteiger partial charge in [0.05, 0.1) is 7.11 Å². The molecular weight excluding hydrogens is 284 g/mol. The van der Waals surface area contributed by atoms with Gasteiger partial charge >= 0.3 is 11.9 Å². The van der Waals surface area contributed by atoms with Gasteiger partial charge < -0.3 is 14.2 Å². The number of hydrogen-bond donors (Lipinski definition) is 0. The Labute approximate surface area is 128 Å². The quantitative estimate of drug-likeness (QED) is 0.627. The predicted molar refractivity (Wildman–Crippen MR) is 79.9 cm³/mol. The van der Waals surface area contributed by atoms with Gasteiger partial charge in [0.1, 0.15) is 23.7 Å². The lowest BCUT2D eigenvalue weighted by Crippen LogP contribution is -2.10. The number of para-hydroxylation sites is 2. The summed E-state index contributed by atoms with van der Waals surface area (Å²) in [7, 11) is 1.55. The highest BCUT2D eigenvalue weighted by atomic mass is 16.5. The maximum absolute atomic E-state index is 12.2. The lowest BCUT2D eigenvalue weighted by Gasteiger charge is -2.11. The molecule has 0 bridgehead atoms. The number of carbonyl (C=O) groups is 2. The molecular formula is C17H16O5. The van der Waals surface area contributed by atoms with E-state index in [1.165, 1.54) is 6.92 Å². The molecule has 0 aliphatic rings. The summed E-state index contributed by atoms with van der Waals surface area (Å²) in [6.07, 6.45) is 0. The first-order chi connectivity index (χ1) is 10.6. The van der Waals surface area contributed by atoms with Crippen LogP contribution in [-0.2, 0) is 16.1 Å². The molecule has 0 fully saturated rings. The third kappa shape index (κ3) is 3.85. The number of carbonyl (C=O) groups excluding carboxylic acids is 2. The first-order valence-electron chi connectivity index (χ1n) is 6.68. The van der Waals surface area contributed by atoms with Crippen LogP contribution in [0.15, 0.2) is 48.5 Å². The zero-order valence-electron chi connectivity index (χ0n) is 12.4. The van der Waals surface area contributed by atoms with Gasteiger partial charge in [-0.3, -0.25) is 4.79 Å². The molecule has 0 radical (unpaired) electrons. The molecule has 2 aromatic rings. The molecule has 0 saturated carbocycles. The summed E-state index contributed by atoms with van der Waals surface area (Å²) in [4.78, 5) is 23.2. The molecule has 0 spiro atoms. The molecule has 0 N–H and O–H groups in total. The van der Waals surface area contributed by atoms with E-state index in [9.17, 15) is 9.59 Å². The van der Waals surface area contributed by atoms with Crippen molar-refractivity contribution in [3.63, 3.8) is 0 Å². The standard InChI is InChI=1S/C17H16O5/c1-12(18)22-16-10-6-4-8-14(16)17(19)21-11-13-7-3-5-9-15(13)20-2/h3-10H,11H2,1-2H3. The van der Waals surface area contributed by atoms with E-state index in [-0.39, 0.29) is 17.9 Å². The molecule has 0 heterocycles. The zero-order valence-corrected chi connectivity index (χ0v) is 12.4. The highest BCUT2D eigenvalue weighted by Crippen LogP contribution is 2.22. The van der Waals surface area contributed by atoms with E-state index in [0.29, 0.717) is 5.75 Å². The van der Waals surface area contributed by atoms with Crippen LogP contribution in [0.4, 0.5) is 0 Å². The molecule has 0 unspecified atom stereocenters. The molecule has 2 rings (SSSR count). The smallest absolute Gasteiger partial charge is 0.342 e. The van der Waals surface area contributed by atoms with Crippen LogP contribution in [0.25, 0.3) is 0 Å². The Hall–Kier alpha value is -2.82. The second-order valence-electron chi connectivity index (χ2n) is 4.48. The second kappa shape index (κ2) is 7.26. The van der Waals surface area contributed by atoms with E-state index in [1.807, 2.05) is 18.2 Å². The van der Waals surface area contributed by atoms with E-state index in [1.54, 1.807) is 37.4 Å². The Balaban J connectivity index is 2.11. The van der Waals surface area contributed by atoms with Gasteiger partial charge in [0.15, 0.2) is 0 Å². The lowest BCUT2D eigenvalue weighted by molar-refractivity contribution is -0.131. The zero-order chi connectivity index (χ0) is 15.9. The van der Waals surface area contributed by atoms with Crippen molar-refractivity contribution in [2.75, 3.05) is 7.11 Å². The van der Waals surface area contributed by atoms with Crippen LogP contribution in [0.1, 0.15) is 22.8 Å². The van der Waals surface area contributed by atoms with E-state index in [0.717, 1.165) is 5.56 Å². The largest absolute Gasteiger partial charge is 0.496 e. The summed E-state index contributed by atoms with van der Waals surface area (Å²) in [6.45, 7) is 1.34. The fourth-order valence-corrected chi connectivity index (χ4v) is 1.92. The topological polar surface area (TPSA) is 61.8 Å². The molecule has 2 aromatic carbocycles. The van der Waals surface area contributed by atoms with E-state index < -0.39 is 11.9 Å². The van der Waals surface area contributed by atoms with Gasteiger partial charge in [-0.2, -0.15) is 0 Å². The maximum Gasteiger partial charge on any atom is 0.342 e. The molecule has 114 valence electrons. The first kappa shape index (κ1) is 15.6. The summed E-state index contributed by atoms with van der Waals surface area (Å²) >= 11 is 0. The number of hydrogen-bond acceptors (Lipinski definition) is 5. The summed E-state index contributed by atoms with van der Waals surface area (Å²) < 4.78 is 15.5. The van der Waals surface area contributed by atoms with Crippen molar-refractivity contribution in [2.24, 2.45) is 0 Å². The van der Waals surface area contributed by atoms with Crippen molar-refractivity contribution in [1.29, 1.82) is 0 Å². The van der Waals surface area contributed by atoms with Gasteiger partial charge in [-0.25, -0.2) is 4.79 Å². The van der Waals surface area contributed by atoms with Gasteiger partial charge in [0, 0.05) is 12.5 Å². The van der Waals surface area contributed by atoms with Crippen molar-refractivity contribution < 1.29 is 23.8 Å². The molecule has 0 aliphatic carbocycles. The molecule has 0 aliphatic heterocycles. The van der Waals surface area contributed by atoms with Crippen LogP contribution in [0.2, 0.25) is 0 Å². The highest BCUT2D eigenvalue weighted by molar-refractivity contribution is 5.93. The molecule has 5 heteroatoms. The molecule has 0 saturated heterocycles. The Bertz CT molecular complexity index is 678. The van der Waals surface area contributed by atoms with Crippen LogP contribution in [0, 0.1) is 0 Å². The molecule has 22 heavy (non-hydrogen) atoms. The molecule has 0 aromatic heterocycles. The van der Waals surface area contributed by atoms with Gasteiger partial charge in [0.25, 0.3) is 0 Å². The minimum atomic E-state index is -0.567. The van der Waals surface area contributed by atoms with Gasteiger partial charge in [0.2, 0.25) is 0 Å². The Morgan fingerprint density at radius 1 is 0.955 bits per heavy atom. The van der Waals surface area contributed by atoms with E-state index in [4.69, 9.17) is 14.2 Å². The van der Waals surface area contributed by atoms with Crippen LogP contribution in [0.3, 0.4) is 0 Å². The molecule has 0 atom stereocenters. The number of esters is 2. The minimum Gasteiger partial charge on any atom is -0.496 e. The summed E-state index contributed by atoms with van der Waals surface area (Å²) in [5.41, 5.74) is 0.955. The third-order valence-electron chi connectivity index (χ3n) is 2.91. The van der Waals surface area contributed by atoms with Crippen molar-refractivity contribution in [3.05, 3.63) is 59.7 Å². The molecule has 0 amide bonds. The van der Waals surface area contributed by atoms with Gasteiger partial charge in [-0.1, -0.05) is 30.3 Å². The van der Waals surface area contributed by atoms with Gasteiger partial charge in [-0.15, -0.1) is 0 Å². The predicted octanol–water partition coefficient (Wildman–Crippen LogP) is 2.98. The Morgan fingerprint density at radius 3 is 2.27 bits per heavy atom. The minimum absolute atomic E-state index is 0.0667. The number of ether oxygens (including phenoxy) is 3.